The van der Waals surface area contributed by atoms with Crippen LogP contribution in [0.5, 0.6) is 0 Å². The second-order valence-corrected chi connectivity index (χ2v) is 4.84. The normalized spacial score (nSPS) is 14.9. The van der Waals surface area contributed by atoms with E-state index in [0.717, 1.165) is 28.9 Å². The molecule has 1 fully saturated rings. The van der Waals surface area contributed by atoms with Crippen molar-refractivity contribution in [1.29, 1.82) is 0 Å². The van der Waals surface area contributed by atoms with Gasteiger partial charge in [0.15, 0.2) is 0 Å². The molecule has 4 heteroatoms. The summed E-state index contributed by atoms with van der Waals surface area (Å²) in [5, 5.41) is 4.21. The number of hydrogen-bond donors (Lipinski definition) is 1. The van der Waals surface area contributed by atoms with Crippen LogP contribution in [0.3, 0.4) is 0 Å². The second kappa shape index (κ2) is 4.41. The molecule has 0 unspecified atom stereocenters. The van der Waals surface area contributed by atoms with Gasteiger partial charge in [0, 0.05) is 18.9 Å². The SMILES string of the molecule is Clc1cccc(NCC2CC2)c1-n1ccnc1. The molecule has 1 N–H and O–H groups in total. The van der Waals surface area contributed by atoms with Gasteiger partial charge in [0.1, 0.15) is 0 Å². The van der Waals surface area contributed by atoms with E-state index in [1.54, 1.807) is 12.5 Å². The molecule has 1 aromatic heterocycles. The molecule has 0 atom stereocenters. The van der Waals surface area contributed by atoms with Crippen molar-refractivity contribution in [3.63, 3.8) is 0 Å². The molecular formula is C13H14ClN3. The van der Waals surface area contributed by atoms with Crippen molar-refractivity contribution in [3.8, 4) is 5.69 Å². The largest absolute Gasteiger partial charge is 0.383 e. The highest BCUT2D eigenvalue weighted by atomic mass is 35.5. The van der Waals surface area contributed by atoms with Gasteiger partial charge in [-0.05, 0) is 30.9 Å². The van der Waals surface area contributed by atoms with Crippen LogP contribution in [0, 0.1) is 5.92 Å². The molecule has 0 radical (unpaired) electrons. The van der Waals surface area contributed by atoms with E-state index in [2.05, 4.69) is 16.4 Å². The number of hydrogen-bond acceptors (Lipinski definition) is 2. The van der Waals surface area contributed by atoms with E-state index in [4.69, 9.17) is 11.6 Å². The standard InChI is InChI=1S/C13H14ClN3/c14-11-2-1-3-12(16-8-10-4-5-10)13(11)17-7-6-15-9-17/h1-3,6-7,9-10,16H,4-5,8H2. The van der Waals surface area contributed by atoms with Gasteiger partial charge in [0.25, 0.3) is 0 Å². The van der Waals surface area contributed by atoms with Crippen LogP contribution in [0.2, 0.25) is 5.02 Å². The summed E-state index contributed by atoms with van der Waals surface area (Å²) in [4.78, 5) is 4.06. The summed E-state index contributed by atoms with van der Waals surface area (Å²) in [5.41, 5.74) is 2.05. The number of para-hydroxylation sites is 1. The average molecular weight is 248 g/mol. The number of benzene rings is 1. The van der Waals surface area contributed by atoms with E-state index in [1.165, 1.54) is 12.8 Å². The summed E-state index contributed by atoms with van der Waals surface area (Å²) in [6.07, 6.45) is 8.11. The highest BCUT2D eigenvalue weighted by Gasteiger charge is 2.21. The highest BCUT2D eigenvalue weighted by molar-refractivity contribution is 6.33. The smallest absolute Gasteiger partial charge is 0.0992 e. The highest BCUT2D eigenvalue weighted by Crippen LogP contribution is 2.32. The van der Waals surface area contributed by atoms with Gasteiger partial charge in [-0.25, -0.2) is 4.98 Å². The second-order valence-electron chi connectivity index (χ2n) is 4.43. The zero-order chi connectivity index (χ0) is 11.7. The van der Waals surface area contributed by atoms with E-state index >= 15 is 0 Å². The first-order chi connectivity index (χ1) is 8.34. The molecular weight excluding hydrogens is 234 g/mol. The number of anilines is 1. The summed E-state index contributed by atoms with van der Waals surface area (Å²) < 4.78 is 1.94. The maximum atomic E-state index is 6.26. The Morgan fingerprint density at radius 1 is 1.41 bits per heavy atom. The molecule has 0 spiro atoms. The van der Waals surface area contributed by atoms with Crippen molar-refractivity contribution in [2.75, 3.05) is 11.9 Å². The summed E-state index contributed by atoms with van der Waals surface area (Å²) in [6.45, 7) is 1.03. The van der Waals surface area contributed by atoms with Crippen molar-refractivity contribution >= 4 is 17.3 Å². The minimum Gasteiger partial charge on any atom is -0.383 e. The zero-order valence-electron chi connectivity index (χ0n) is 9.44. The number of aromatic nitrogens is 2. The van der Waals surface area contributed by atoms with Gasteiger partial charge in [-0.1, -0.05) is 17.7 Å². The Kier molecular flexibility index (Phi) is 2.77. The fourth-order valence-corrected chi connectivity index (χ4v) is 2.16. The van der Waals surface area contributed by atoms with Crippen LogP contribution in [0.1, 0.15) is 12.8 Å². The van der Waals surface area contributed by atoms with Crippen LogP contribution < -0.4 is 5.32 Å². The van der Waals surface area contributed by atoms with Crippen LogP contribution in [-0.4, -0.2) is 16.1 Å². The molecule has 17 heavy (non-hydrogen) atoms. The minimum atomic E-state index is 0.740. The lowest BCUT2D eigenvalue weighted by Crippen LogP contribution is -2.06. The number of nitrogens with one attached hydrogen (secondary N) is 1. The Morgan fingerprint density at radius 2 is 2.29 bits per heavy atom. The molecule has 1 aliphatic carbocycles. The lowest BCUT2D eigenvalue weighted by Gasteiger charge is -2.13. The Balaban J connectivity index is 1.92. The van der Waals surface area contributed by atoms with Gasteiger partial charge >= 0.3 is 0 Å². The zero-order valence-corrected chi connectivity index (χ0v) is 10.2. The van der Waals surface area contributed by atoms with Crippen molar-refractivity contribution < 1.29 is 0 Å². The lowest BCUT2D eigenvalue weighted by molar-refractivity contribution is 0.886. The Bertz CT molecular complexity index is 503. The molecule has 3 rings (SSSR count). The van der Waals surface area contributed by atoms with Gasteiger partial charge in [-0.15, -0.1) is 0 Å². The molecule has 3 nitrogen and oxygen atoms in total. The van der Waals surface area contributed by atoms with Gasteiger partial charge in [0.2, 0.25) is 0 Å². The van der Waals surface area contributed by atoms with Gasteiger partial charge in [0.05, 0.1) is 22.7 Å². The minimum absolute atomic E-state index is 0.740. The van der Waals surface area contributed by atoms with Crippen molar-refractivity contribution in [2.24, 2.45) is 5.92 Å². The fraction of sp³-hybridized carbons (Fsp3) is 0.308. The number of rotatable bonds is 4. The molecule has 88 valence electrons. The summed E-state index contributed by atoms with van der Waals surface area (Å²) in [5.74, 6) is 0.838. The summed E-state index contributed by atoms with van der Waals surface area (Å²) >= 11 is 6.26. The molecule has 1 saturated carbocycles. The molecule has 0 amide bonds. The third kappa shape index (κ3) is 2.29. The molecule has 1 heterocycles. The van der Waals surface area contributed by atoms with Gasteiger partial charge in [-0.3, -0.25) is 0 Å². The lowest BCUT2D eigenvalue weighted by atomic mass is 10.2. The van der Waals surface area contributed by atoms with Crippen LogP contribution in [0.4, 0.5) is 5.69 Å². The third-order valence-corrected chi connectivity index (χ3v) is 3.33. The Morgan fingerprint density at radius 3 is 3.00 bits per heavy atom. The van der Waals surface area contributed by atoms with Gasteiger partial charge in [-0.2, -0.15) is 0 Å². The van der Waals surface area contributed by atoms with Crippen LogP contribution in [0.25, 0.3) is 5.69 Å². The fourth-order valence-electron chi connectivity index (χ4n) is 1.89. The van der Waals surface area contributed by atoms with E-state index < -0.39 is 0 Å². The first kappa shape index (κ1) is 10.7. The van der Waals surface area contributed by atoms with Crippen molar-refractivity contribution in [1.82, 2.24) is 9.55 Å². The number of imidazole rings is 1. The molecule has 0 aliphatic heterocycles. The van der Waals surface area contributed by atoms with E-state index in [-0.39, 0.29) is 0 Å². The molecule has 0 saturated heterocycles. The first-order valence-electron chi connectivity index (χ1n) is 5.85. The van der Waals surface area contributed by atoms with Crippen LogP contribution in [0.15, 0.2) is 36.9 Å². The monoisotopic (exact) mass is 247 g/mol. The molecule has 1 aromatic carbocycles. The third-order valence-electron chi connectivity index (χ3n) is 3.03. The first-order valence-corrected chi connectivity index (χ1v) is 6.23. The Labute approximate surface area is 105 Å². The average Bonchev–Trinajstić information content (AvgIpc) is 3.01. The van der Waals surface area contributed by atoms with Crippen LogP contribution in [-0.2, 0) is 0 Å². The molecule has 2 aromatic rings. The van der Waals surface area contributed by atoms with Crippen molar-refractivity contribution in [2.45, 2.75) is 12.8 Å². The quantitative estimate of drug-likeness (QED) is 0.898. The topological polar surface area (TPSA) is 29.9 Å². The summed E-state index contributed by atoms with van der Waals surface area (Å²) in [7, 11) is 0. The maximum Gasteiger partial charge on any atom is 0.0992 e. The molecule has 1 aliphatic rings. The summed E-state index contributed by atoms with van der Waals surface area (Å²) in [6, 6.07) is 5.93. The Hall–Kier alpha value is -1.48. The predicted molar refractivity (Wildman–Crippen MR) is 69.8 cm³/mol. The predicted octanol–water partition coefficient (Wildman–Crippen LogP) is 3.35. The van der Waals surface area contributed by atoms with E-state index in [1.807, 2.05) is 22.9 Å². The van der Waals surface area contributed by atoms with E-state index in [0.29, 0.717) is 0 Å². The molecule has 0 bridgehead atoms. The van der Waals surface area contributed by atoms with E-state index in [9.17, 15) is 0 Å². The van der Waals surface area contributed by atoms with Crippen LogP contribution >= 0.6 is 11.6 Å². The number of nitrogens with zero attached hydrogens (tertiary/aromatic N) is 2. The van der Waals surface area contributed by atoms with Gasteiger partial charge < -0.3 is 9.88 Å². The number of halogens is 1. The maximum absolute atomic E-state index is 6.26. The van der Waals surface area contributed by atoms with Crippen molar-refractivity contribution in [3.05, 3.63) is 41.9 Å².